The maximum Gasteiger partial charge on any atom is 0.293 e. The quantitative estimate of drug-likeness (QED) is 0.826. The van der Waals surface area contributed by atoms with E-state index in [0.717, 1.165) is 15.6 Å². The molecule has 3 N–H and O–H groups in total. The van der Waals surface area contributed by atoms with E-state index < -0.39 is 5.91 Å². The summed E-state index contributed by atoms with van der Waals surface area (Å²) in [5, 5.41) is 2.23. The molecule has 0 atom stereocenters. The lowest BCUT2D eigenvalue weighted by Gasteiger charge is -2.02. The topological polar surface area (TPSA) is 68.3 Å². The standard InChI is InChI=1S/C13H11BrN2O2S/c1-7-2-3-8(9(14)6-7)10-4-5-11(18-10)12(17)16-13(15)19/h2-6H,1H3,(H3,15,16,17,19). The third-order valence-electron chi connectivity index (χ3n) is 2.46. The van der Waals surface area contributed by atoms with Crippen molar-refractivity contribution in [3.05, 3.63) is 46.1 Å². The van der Waals surface area contributed by atoms with Crippen molar-refractivity contribution in [3.8, 4) is 11.3 Å². The maximum absolute atomic E-state index is 11.7. The molecule has 0 spiro atoms. The number of thiocarbonyl (C=S) groups is 1. The predicted octanol–water partition coefficient (Wildman–Crippen LogP) is 2.99. The van der Waals surface area contributed by atoms with E-state index in [0.29, 0.717) is 5.76 Å². The third-order valence-corrected chi connectivity index (χ3v) is 3.21. The van der Waals surface area contributed by atoms with Crippen LogP contribution in [0.15, 0.2) is 39.2 Å². The number of carbonyl (C=O) groups excluding carboxylic acids is 1. The summed E-state index contributed by atoms with van der Waals surface area (Å²) >= 11 is 8.07. The van der Waals surface area contributed by atoms with E-state index in [2.05, 4.69) is 33.5 Å². The third kappa shape index (κ3) is 3.21. The molecule has 4 nitrogen and oxygen atoms in total. The Kier molecular flexibility index (Phi) is 4.01. The van der Waals surface area contributed by atoms with Gasteiger partial charge in [0.2, 0.25) is 0 Å². The van der Waals surface area contributed by atoms with Gasteiger partial charge >= 0.3 is 0 Å². The molecule has 0 bridgehead atoms. The summed E-state index contributed by atoms with van der Waals surface area (Å²) in [6.07, 6.45) is 0. The molecule has 0 aliphatic carbocycles. The SMILES string of the molecule is Cc1ccc(-c2ccc(C(=O)NC(N)=S)o2)c(Br)c1. The highest BCUT2D eigenvalue weighted by Crippen LogP contribution is 2.30. The lowest BCUT2D eigenvalue weighted by molar-refractivity contribution is 0.0951. The van der Waals surface area contributed by atoms with E-state index in [-0.39, 0.29) is 10.9 Å². The van der Waals surface area contributed by atoms with Crippen LogP contribution < -0.4 is 11.1 Å². The highest BCUT2D eigenvalue weighted by atomic mass is 79.9. The normalized spacial score (nSPS) is 10.2. The minimum Gasteiger partial charge on any atom is -0.451 e. The molecule has 1 aromatic heterocycles. The summed E-state index contributed by atoms with van der Waals surface area (Å²) in [5.74, 6) is 0.303. The molecular weight excluding hydrogens is 328 g/mol. The Balaban J connectivity index is 2.30. The second kappa shape index (κ2) is 5.54. The van der Waals surface area contributed by atoms with Gasteiger partial charge in [-0.05, 0) is 49.0 Å². The molecule has 1 heterocycles. The molecule has 98 valence electrons. The van der Waals surface area contributed by atoms with E-state index in [1.54, 1.807) is 12.1 Å². The van der Waals surface area contributed by atoms with Crippen molar-refractivity contribution in [3.63, 3.8) is 0 Å². The first-order chi connectivity index (χ1) is 8.97. The first-order valence-corrected chi connectivity index (χ1v) is 6.64. The van der Waals surface area contributed by atoms with E-state index in [4.69, 9.17) is 10.2 Å². The van der Waals surface area contributed by atoms with E-state index in [1.165, 1.54) is 0 Å². The van der Waals surface area contributed by atoms with Crippen LogP contribution in [0, 0.1) is 6.92 Å². The molecule has 1 amide bonds. The minimum absolute atomic E-state index is 0.0838. The smallest absolute Gasteiger partial charge is 0.293 e. The molecular formula is C13H11BrN2O2S. The number of aryl methyl sites for hydroxylation is 1. The van der Waals surface area contributed by atoms with Gasteiger partial charge in [0.05, 0.1) is 0 Å². The van der Waals surface area contributed by atoms with Crippen molar-refractivity contribution in [2.45, 2.75) is 6.92 Å². The van der Waals surface area contributed by atoms with Crippen molar-refractivity contribution in [1.82, 2.24) is 5.32 Å². The van der Waals surface area contributed by atoms with Crippen LogP contribution in [0.2, 0.25) is 0 Å². The van der Waals surface area contributed by atoms with Crippen LogP contribution in [0.4, 0.5) is 0 Å². The second-order valence-electron chi connectivity index (χ2n) is 3.97. The zero-order chi connectivity index (χ0) is 14.0. The lowest BCUT2D eigenvalue weighted by atomic mass is 10.1. The number of carbonyl (C=O) groups is 1. The largest absolute Gasteiger partial charge is 0.451 e. The van der Waals surface area contributed by atoms with Crippen LogP contribution in [0.25, 0.3) is 11.3 Å². The molecule has 2 rings (SSSR count). The van der Waals surface area contributed by atoms with Crippen LogP contribution in [0.5, 0.6) is 0 Å². The molecule has 0 radical (unpaired) electrons. The Bertz CT molecular complexity index is 652. The van der Waals surface area contributed by atoms with Gasteiger partial charge in [0.15, 0.2) is 10.9 Å². The highest BCUT2D eigenvalue weighted by molar-refractivity contribution is 9.10. The van der Waals surface area contributed by atoms with Crippen molar-refractivity contribution in [2.24, 2.45) is 5.73 Å². The van der Waals surface area contributed by atoms with Crippen molar-refractivity contribution in [1.29, 1.82) is 0 Å². The first-order valence-electron chi connectivity index (χ1n) is 5.44. The molecule has 0 aliphatic rings. The zero-order valence-corrected chi connectivity index (χ0v) is 12.5. The van der Waals surface area contributed by atoms with Gasteiger partial charge in [-0.3, -0.25) is 10.1 Å². The summed E-state index contributed by atoms with van der Waals surface area (Å²) in [5.41, 5.74) is 7.25. The zero-order valence-electron chi connectivity index (χ0n) is 10.1. The van der Waals surface area contributed by atoms with Gasteiger partial charge in [-0.2, -0.15) is 0 Å². The lowest BCUT2D eigenvalue weighted by Crippen LogP contribution is -2.34. The fourth-order valence-corrected chi connectivity index (χ4v) is 2.38. The Hall–Kier alpha value is -1.66. The summed E-state index contributed by atoms with van der Waals surface area (Å²) in [6.45, 7) is 2.00. The summed E-state index contributed by atoms with van der Waals surface area (Å²) in [6, 6.07) is 9.18. The van der Waals surface area contributed by atoms with Crippen LogP contribution >= 0.6 is 28.1 Å². The molecule has 2 aromatic rings. The molecule has 19 heavy (non-hydrogen) atoms. The maximum atomic E-state index is 11.7. The van der Waals surface area contributed by atoms with Gasteiger partial charge in [0.1, 0.15) is 5.76 Å². The highest BCUT2D eigenvalue weighted by Gasteiger charge is 2.14. The van der Waals surface area contributed by atoms with Gasteiger partial charge < -0.3 is 10.2 Å². The monoisotopic (exact) mass is 338 g/mol. The molecule has 0 fully saturated rings. The van der Waals surface area contributed by atoms with E-state index in [9.17, 15) is 4.79 Å². The fourth-order valence-electron chi connectivity index (χ4n) is 1.60. The Labute approximate surface area is 124 Å². The molecule has 6 heteroatoms. The predicted molar refractivity (Wildman–Crippen MR) is 80.8 cm³/mol. The number of rotatable bonds is 2. The average molecular weight is 339 g/mol. The van der Waals surface area contributed by atoms with Gasteiger partial charge in [0, 0.05) is 10.0 Å². The van der Waals surface area contributed by atoms with Crippen LogP contribution in [-0.4, -0.2) is 11.0 Å². The van der Waals surface area contributed by atoms with Gasteiger partial charge in [-0.15, -0.1) is 0 Å². The molecule has 1 aromatic carbocycles. The first kappa shape index (κ1) is 13.8. The van der Waals surface area contributed by atoms with Gasteiger partial charge in [0.25, 0.3) is 5.91 Å². The second-order valence-corrected chi connectivity index (χ2v) is 5.26. The number of furan rings is 1. The Morgan fingerprint density at radius 2 is 2.11 bits per heavy atom. The Morgan fingerprint density at radius 3 is 2.74 bits per heavy atom. The number of amides is 1. The number of halogens is 1. The van der Waals surface area contributed by atoms with Crippen molar-refractivity contribution >= 4 is 39.2 Å². The average Bonchev–Trinajstić information content (AvgIpc) is 2.77. The summed E-state index contributed by atoms with van der Waals surface area (Å²) in [4.78, 5) is 11.7. The van der Waals surface area contributed by atoms with Crippen LogP contribution in [0.1, 0.15) is 16.1 Å². The Morgan fingerprint density at radius 1 is 1.37 bits per heavy atom. The minimum atomic E-state index is -0.456. The van der Waals surface area contributed by atoms with Crippen molar-refractivity contribution in [2.75, 3.05) is 0 Å². The van der Waals surface area contributed by atoms with Crippen LogP contribution in [0.3, 0.4) is 0 Å². The number of hydrogen-bond donors (Lipinski definition) is 2. The van der Waals surface area contributed by atoms with Gasteiger partial charge in [-0.25, -0.2) is 0 Å². The molecule has 0 saturated carbocycles. The number of hydrogen-bond acceptors (Lipinski definition) is 3. The fraction of sp³-hybridized carbons (Fsp3) is 0.0769. The van der Waals surface area contributed by atoms with E-state index in [1.807, 2.05) is 25.1 Å². The molecule has 0 aliphatic heterocycles. The van der Waals surface area contributed by atoms with Crippen molar-refractivity contribution < 1.29 is 9.21 Å². The molecule has 0 saturated heterocycles. The number of nitrogens with one attached hydrogen (secondary N) is 1. The molecule has 0 unspecified atom stereocenters. The van der Waals surface area contributed by atoms with E-state index >= 15 is 0 Å². The van der Waals surface area contributed by atoms with Gasteiger partial charge in [-0.1, -0.05) is 22.0 Å². The summed E-state index contributed by atoms with van der Waals surface area (Å²) < 4.78 is 6.40. The number of benzene rings is 1. The summed E-state index contributed by atoms with van der Waals surface area (Å²) in [7, 11) is 0. The number of nitrogens with two attached hydrogens (primary N) is 1. The van der Waals surface area contributed by atoms with Crippen LogP contribution in [-0.2, 0) is 0 Å².